The van der Waals surface area contributed by atoms with E-state index in [2.05, 4.69) is 90.1 Å². The second-order valence-electron chi connectivity index (χ2n) is 8.75. The monoisotopic (exact) mass is 320 g/mol. The molecule has 3 rings (SSSR count). The maximum atomic E-state index is 6.46. The van der Waals surface area contributed by atoms with Crippen LogP contribution in [-0.4, -0.2) is 0 Å². The van der Waals surface area contributed by atoms with Gasteiger partial charge in [0.25, 0.3) is 0 Å². The van der Waals surface area contributed by atoms with Crippen LogP contribution in [0, 0.1) is 0 Å². The highest BCUT2D eigenvalue weighted by Gasteiger charge is 2.28. The predicted octanol–water partition coefficient (Wildman–Crippen LogP) is 6.43. The maximum Gasteiger partial charge on any atom is 0.142 e. The minimum Gasteiger partial charge on any atom is -0.481 e. The number of benzene rings is 2. The van der Waals surface area contributed by atoms with E-state index in [9.17, 15) is 0 Å². The van der Waals surface area contributed by atoms with Crippen LogP contribution in [-0.2, 0) is 10.8 Å². The molecule has 1 aliphatic heterocycles. The minimum absolute atomic E-state index is 0.0136. The topological polar surface area (TPSA) is 9.23 Å². The lowest BCUT2D eigenvalue weighted by Gasteiger charge is -2.32. The van der Waals surface area contributed by atoms with E-state index >= 15 is 0 Å². The van der Waals surface area contributed by atoms with Gasteiger partial charge in [-0.05, 0) is 34.1 Å². The van der Waals surface area contributed by atoms with E-state index in [1.807, 2.05) is 6.07 Å². The zero-order chi connectivity index (χ0) is 17.5. The Balaban J connectivity index is 2.11. The first-order valence-electron chi connectivity index (χ1n) is 8.75. The molecular weight excluding hydrogens is 292 g/mol. The fourth-order valence-corrected chi connectivity index (χ4v) is 3.08. The summed E-state index contributed by atoms with van der Waals surface area (Å²) in [6.45, 7) is 13.6. The number of fused-ring (bicyclic) bond motifs is 1. The molecule has 0 saturated carbocycles. The molecule has 24 heavy (non-hydrogen) atoms. The lowest BCUT2D eigenvalue weighted by Crippen LogP contribution is -2.20. The van der Waals surface area contributed by atoms with Crippen LogP contribution in [0.25, 0.3) is 6.08 Å². The summed E-state index contributed by atoms with van der Waals surface area (Å²) in [5.74, 6) is 1.03. The van der Waals surface area contributed by atoms with Gasteiger partial charge in [0.05, 0.1) is 0 Å². The molecule has 1 atom stereocenters. The first-order valence-corrected chi connectivity index (χ1v) is 8.75. The van der Waals surface area contributed by atoms with Gasteiger partial charge in [0.2, 0.25) is 0 Å². The van der Waals surface area contributed by atoms with E-state index < -0.39 is 0 Å². The van der Waals surface area contributed by atoms with Gasteiger partial charge < -0.3 is 4.74 Å². The molecule has 0 N–H and O–H groups in total. The van der Waals surface area contributed by atoms with Crippen LogP contribution in [0.5, 0.6) is 5.75 Å². The van der Waals surface area contributed by atoms with Gasteiger partial charge >= 0.3 is 0 Å². The van der Waals surface area contributed by atoms with Crippen molar-refractivity contribution in [1.29, 1.82) is 0 Å². The molecule has 1 heteroatoms. The highest BCUT2D eigenvalue weighted by atomic mass is 16.5. The molecule has 0 aromatic heterocycles. The molecular formula is C23H28O. The first kappa shape index (κ1) is 16.8. The van der Waals surface area contributed by atoms with Crippen LogP contribution >= 0.6 is 0 Å². The Labute approximate surface area is 146 Å². The van der Waals surface area contributed by atoms with Crippen molar-refractivity contribution in [3.63, 3.8) is 0 Å². The fourth-order valence-electron chi connectivity index (χ4n) is 3.08. The molecule has 0 fully saturated rings. The Hall–Kier alpha value is -2.02. The molecule has 0 saturated heterocycles. The van der Waals surface area contributed by atoms with E-state index in [1.54, 1.807) is 0 Å². The van der Waals surface area contributed by atoms with E-state index in [4.69, 9.17) is 4.74 Å². The zero-order valence-corrected chi connectivity index (χ0v) is 15.7. The molecule has 1 heterocycles. The van der Waals surface area contributed by atoms with Gasteiger partial charge in [-0.15, -0.1) is 0 Å². The predicted molar refractivity (Wildman–Crippen MR) is 103 cm³/mol. The van der Waals surface area contributed by atoms with Crippen LogP contribution < -0.4 is 4.74 Å². The Morgan fingerprint density at radius 2 is 1.50 bits per heavy atom. The van der Waals surface area contributed by atoms with Gasteiger partial charge in [0.15, 0.2) is 0 Å². The summed E-state index contributed by atoms with van der Waals surface area (Å²) in [5.41, 5.74) is 5.20. The van der Waals surface area contributed by atoms with Crippen molar-refractivity contribution in [2.45, 2.75) is 58.5 Å². The summed E-state index contributed by atoms with van der Waals surface area (Å²) < 4.78 is 6.46. The molecule has 0 spiro atoms. The van der Waals surface area contributed by atoms with E-state index in [1.165, 1.54) is 22.3 Å². The summed E-state index contributed by atoms with van der Waals surface area (Å²) in [5, 5.41) is 0. The quantitative estimate of drug-likeness (QED) is 0.588. The summed E-state index contributed by atoms with van der Waals surface area (Å²) in [6, 6.07) is 15.0. The van der Waals surface area contributed by atoms with Crippen molar-refractivity contribution >= 4 is 6.08 Å². The van der Waals surface area contributed by atoms with Crippen LogP contribution in [0.4, 0.5) is 0 Å². The minimum atomic E-state index is -0.0136. The molecule has 0 bridgehead atoms. The van der Waals surface area contributed by atoms with Gasteiger partial charge in [-0.1, -0.05) is 84.0 Å². The summed E-state index contributed by atoms with van der Waals surface area (Å²) >= 11 is 0. The van der Waals surface area contributed by atoms with Crippen LogP contribution in [0.1, 0.15) is 69.9 Å². The van der Waals surface area contributed by atoms with Crippen LogP contribution in [0.3, 0.4) is 0 Å². The van der Waals surface area contributed by atoms with Gasteiger partial charge in [0, 0.05) is 11.1 Å². The normalized spacial score (nSPS) is 17.3. The van der Waals surface area contributed by atoms with Gasteiger partial charge in [-0.2, -0.15) is 0 Å². The largest absolute Gasteiger partial charge is 0.481 e. The number of rotatable bonds is 1. The van der Waals surface area contributed by atoms with Crippen molar-refractivity contribution in [3.8, 4) is 5.75 Å². The highest BCUT2D eigenvalue weighted by molar-refractivity contribution is 5.66. The second kappa shape index (κ2) is 5.81. The third kappa shape index (κ3) is 3.26. The van der Waals surface area contributed by atoms with Crippen molar-refractivity contribution < 1.29 is 4.74 Å². The lowest BCUT2D eigenvalue weighted by atomic mass is 9.78. The third-order valence-corrected chi connectivity index (χ3v) is 4.62. The maximum absolute atomic E-state index is 6.46. The molecule has 2 aromatic carbocycles. The molecule has 0 amide bonds. The van der Waals surface area contributed by atoms with E-state index in [-0.39, 0.29) is 16.9 Å². The first-order chi connectivity index (χ1) is 11.2. The van der Waals surface area contributed by atoms with Crippen molar-refractivity contribution in [1.82, 2.24) is 0 Å². The Morgan fingerprint density at radius 3 is 2.08 bits per heavy atom. The summed E-state index contributed by atoms with van der Waals surface area (Å²) in [6.07, 6.45) is 4.37. The Bertz CT molecular complexity index is 755. The molecule has 0 aliphatic carbocycles. The SMILES string of the molecule is CC(C)(C)c1cc2c(c(C(C)(C)C)c1)OC(c1ccccc1)C=C2. The van der Waals surface area contributed by atoms with E-state index in [0.717, 1.165) is 5.75 Å². The second-order valence-corrected chi connectivity index (χ2v) is 8.75. The molecule has 1 nitrogen and oxygen atoms in total. The molecule has 1 aliphatic rings. The molecule has 2 aromatic rings. The summed E-state index contributed by atoms with van der Waals surface area (Å²) in [7, 11) is 0. The average molecular weight is 320 g/mol. The van der Waals surface area contributed by atoms with Crippen LogP contribution in [0.15, 0.2) is 48.5 Å². The van der Waals surface area contributed by atoms with Crippen LogP contribution in [0.2, 0.25) is 0 Å². The smallest absolute Gasteiger partial charge is 0.142 e. The lowest BCUT2D eigenvalue weighted by molar-refractivity contribution is 0.245. The fraction of sp³-hybridized carbons (Fsp3) is 0.391. The van der Waals surface area contributed by atoms with Gasteiger partial charge in [0.1, 0.15) is 11.9 Å². The zero-order valence-electron chi connectivity index (χ0n) is 15.7. The van der Waals surface area contributed by atoms with Crippen molar-refractivity contribution in [2.24, 2.45) is 0 Å². The average Bonchev–Trinajstić information content (AvgIpc) is 2.52. The van der Waals surface area contributed by atoms with Crippen molar-refractivity contribution in [3.05, 3.63) is 70.8 Å². The standard InChI is InChI=1S/C23H28O/c1-22(2,3)18-14-17-12-13-20(16-10-8-7-9-11-16)24-21(17)19(15-18)23(4,5)6/h7-15,20H,1-6H3. The summed E-state index contributed by atoms with van der Waals surface area (Å²) in [4.78, 5) is 0. The third-order valence-electron chi connectivity index (χ3n) is 4.62. The Morgan fingerprint density at radius 1 is 0.833 bits per heavy atom. The Kier molecular flexibility index (Phi) is 4.07. The number of ether oxygens (including phenoxy) is 1. The highest BCUT2D eigenvalue weighted by Crippen LogP contribution is 2.43. The van der Waals surface area contributed by atoms with Gasteiger partial charge in [-0.25, -0.2) is 0 Å². The number of hydrogen-bond donors (Lipinski definition) is 0. The molecule has 0 radical (unpaired) electrons. The van der Waals surface area contributed by atoms with E-state index in [0.29, 0.717) is 0 Å². The molecule has 126 valence electrons. The number of hydrogen-bond acceptors (Lipinski definition) is 1. The van der Waals surface area contributed by atoms with Crippen molar-refractivity contribution in [2.75, 3.05) is 0 Å². The van der Waals surface area contributed by atoms with Gasteiger partial charge in [-0.3, -0.25) is 0 Å². The molecule has 1 unspecified atom stereocenters.